The van der Waals surface area contributed by atoms with Crippen molar-refractivity contribution in [2.45, 2.75) is 0 Å². The molecular weight excluding hydrogens is 245 g/mol. The van der Waals surface area contributed by atoms with Gasteiger partial charge in [0.05, 0.1) is 0 Å². The Morgan fingerprint density at radius 3 is 1.00 bits per heavy atom. The molecule has 0 heterocycles. The summed E-state index contributed by atoms with van der Waals surface area (Å²) in [4.78, 5) is 0. The molecule has 0 atom stereocenters. The maximum Gasteiger partial charge on any atom is 0 e. The summed E-state index contributed by atoms with van der Waals surface area (Å²) in [5.41, 5.74) is 0. The molecule has 0 aromatic rings. The van der Waals surface area contributed by atoms with Crippen LogP contribution >= 0.6 is 29.8 Å². The van der Waals surface area contributed by atoms with E-state index >= 15 is 0 Å². The summed E-state index contributed by atoms with van der Waals surface area (Å²) in [6, 6.07) is 0. The number of rotatable bonds is 0. The molecule has 0 rings (SSSR count). The van der Waals surface area contributed by atoms with Crippen LogP contribution in [0.2, 0.25) is 0 Å². The average Bonchev–Trinajstić information content (AvgIpc) is 0.811. The quantitative estimate of drug-likeness (QED) is 0.569. The van der Waals surface area contributed by atoms with Gasteiger partial charge in [-0.05, 0) is 0 Å². The van der Waals surface area contributed by atoms with Crippen molar-refractivity contribution in [1.82, 2.24) is 0 Å². The zero-order valence-electron chi connectivity index (χ0n) is 1.88. The standard InChI is InChI=1S/AsCl3.Cu/c2-1(3)4;. The molecule has 0 fully saturated rings. The molecule has 0 saturated carbocycles. The second-order valence-electron chi connectivity index (χ2n) is 0.192. The fourth-order valence-corrected chi connectivity index (χ4v) is 0. The SMILES string of the molecule is Cl[As](Cl)Cl.[Cu]. The Labute approximate surface area is 58.4 Å². The van der Waals surface area contributed by atoms with E-state index < -0.39 is 11.8 Å². The van der Waals surface area contributed by atoms with Gasteiger partial charge < -0.3 is 0 Å². The maximum atomic E-state index is 4.95. The minimum atomic E-state index is -1.77. The van der Waals surface area contributed by atoms with Crippen LogP contribution in [0.3, 0.4) is 0 Å². The molecule has 0 unspecified atom stereocenters. The minimum Gasteiger partial charge on any atom is 0 e. The van der Waals surface area contributed by atoms with Crippen LogP contribution in [-0.2, 0) is 17.1 Å². The predicted molar refractivity (Wildman–Crippen MR) is 23.3 cm³/mol. The molecule has 0 aliphatic heterocycles. The van der Waals surface area contributed by atoms with Gasteiger partial charge in [0, 0.05) is 17.1 Å². The number of halogens is 3. The number of hydrogen-bond donors (Lipinski definition) is 0. The van der Waals surface area contributed by atoms with Crippen LogP contribution in [0.15, 0.2) is 0 Å². The number of hydrogen-bond acceptors (Lipinski definition) is 0. The van der Waals surface area contributed by atoms with Crippen molar-refractivity contribution in [3.8, 4) is 0 Å². The molecule has 0 spiro atoms. The van der Waals surface area contributed by atoms with Crippen LogP contribution in [0.1, 0.15) is 0 Å². The molecule has 0 amide bonds. The second-order valence-corrected chi connectivity index (χ2v) is 8.96. The molecule has 37 valence electrons. The molecule has 0 aliphatic rings. The third-order valence-corrected chi connectivity index (χ3v) is 0. The Hall–Kier alpha value is 1.95. The zero-order valence-corrected chi connectivity index (χ0v) is 6.97. The van der Waals surface area contributed by atoms with Crippen LogP contribution in [0.4, 0.5) is 0 Å². The van der Waals surface area contributed by atoms with E-state index in [2.05, 4.69) is 0 Å². The summed E-state index contributed by atoms with van der Waals surface area (Å²) in [5.74, 6) is 0. The fraction of sp³-hybridized carbons (Fsp3) is 0. The first-order valence-corrected chi connectivity index (χ1v) is 7.90. The first-order chi connectivity index (χ1) is 1.73. The topological polar surface area (TPSA) is 0 Å². The molecule has 5 heavy (non-hydrogen) atoms. The molecule has 0 N–H and O–H groups in total. The molecule has 0 aromatic carbocycles. The molecule has 5 heteroatoms. The molecule has 0 nitrogen and oxygen atoms in total. The Balaban J connectivity index is 0. The van der Waals surface area contributed by atoms with Gasteiger partial charge in [-0.2, -0.15) is 0 Å². The van der Waals surface area contributed by atoms with Crippen molar-refractivity contribution >= 4 is 41.7 Å². The fourth-order valence-electron chi connectivity index (χ4n) is 0. The Bertz CT molecular complexity index is 11.6. The van der Waals surface area contributed by atoms with E-state index in [-0.39, 0.29) is 17.1 Å². The summed E-state index contributed by atoms with van der Waals surface area (Å²) in [6.07, 6.45) is 0. The average molecular weight is 245 g/mol. The summed E-state index contributed by atoms with van der Waals surface area (Å²) >= 11 is -1.77. The molecule has 0 bridgehead atoms. The van der Waals surface area contributed by atoms with Gasteiger partial charge in [0.1, 0.15) is 0 Å². The van der Waals surface area contributed by atoms with E-state index in [1.165, 1.54) is 0 Å². The second kappa shape index (κ2) is 5.95. The van der Waals surface area contributed by atoms with E-state index in [4.69, 9.17) is 29.8 Å². The smallest absolute Gasteiger partial charge is 0 e. The van der Waals surface area contributed by atoms with E-state index in [1.54, 1.807) is 0 Å². The first-order valence-electron chi connectivity index (χ1n) is 0.507. The Kier molecular flexibility index (Phi) is 11.9. The van der Waals surface area contributed by atoms with Crippen molar-refractivity contribution in [1.29, 1.82) is 0 Å². The van der Waals surface area contributed by atoms with E-state index in [1.807, 2.05) is 0 Å². The molecule has 1 radical (unpaired) electrons. The normalized spacial score (nSPS) is 7.20. The molecule has 0 aromatic heterocycles. The van der Waals surface area contributed by atoms with E-state index in [9.17, 15) is 0 Å². The first kappa shape index (κ1) is 10.0. The van der Waals surface area contributed by atoms with E-state index in [0.717, 1.165) is 0 Å². The Morgan fingerprint density at radius 2 is 1.00 bits per heavy atom. The maximum absolute atomic E-state index is 4.95. The largest absolute Gasteiger partial charge is 0 e. The van der Waals surface area contributed by atoms with E-state index in [0.29, 0.717) is 0 Å². The van der Waals surface area contributed by atoms with Crippen LogP contribution in [0.5, 0.6) is 0 Å². The van der Waals surface area contributed by atoms with Gasteiger partial charge in [-0.1, -0.05) is 0 Å². The third kappa shape index (κ3) is 24.4. The van der Waals surface area contributed by atoms with Gasteiger partial charge in [-0.15, -0.1) is 0 Å². The van der Waals surface area contributed by atoms with Gasteiger partial charge in [0.25, 0.3) is 0 Å². The van der Waals surface area contributed by atoms with Crippen molar-refractivity contribution in [2.75, 3.05) is 0 Å². The minimum absolute atomic E-state index is 0. The summed E-state index contributed by atoms with van der Waals surface area (Å²) in [6.45, 7) is 0. The van der Waals surface area contributed by atoms with Crippen LogP contribution in [-0.4, -0.2) is 11.8 Å². The summed E-state index contributed by atoms with van der Waals surface area (Å²) in [5, 5.41) is 0. The zero-order chi connectivity index (χ0) is 3.58. The van der Waals surface area contributed by atoms with Crippen molar-refractivity contribution in [2.24, 2.45) is 0 Å². The Morgan fingerprint density at radius 1 is 1.00 bits per heavy atom. The van der Waals surface area contributed by atoms with Crippen LogP contribution < -0.4 is 0 Å². The van der Waals surface area contributed by atoms with Gasteiger partial charge in [-0.3, -0.25) is 0 Å². The van der Waals surface area contributed by atoms with Gasteiger partial charge in [0.15, 0.2) is 0 Å². The van der Waals surface area contributed by atoms with Crippen LogP contribution in [0.25, 0.3) is 0 Å². The predicted octanol–water partition coefficient (Wildman–Crippen LogP) is 1.69. The van der Waals surface area contributed by atoms with Gasteiger partial charge >= 0.3 is 41.7 Å². The van der Waals surface area contributed by atoms with Crippen molar-refractivity contribution < 1.29 is 17.1 Å². The van der Waals surface area contributed by atoms with Crippen LogP contribution in [0, 0.1) is 0 Å². The third-order valence-electron chi connectivity index (χ3n) is 0. The molecule has 0 saturated heterocycles. The van der Waals surface area contributed by atoms with Crippen molar-refractivity contribution in [3.05, 3.63) is 0 Å². The van der Waals surface area contributed by atoms with Crippen molar-refractivity contribution in [3.63, 3.8) is 0 Å². The van der Waals surface area contributed by atoms with Gasteiger partial charge in [0.2, 0.25) is 0 Å². The van der Waals surface area contributed by atoms with Gasteiger partial charge in [-0.25, -0.2) is 0 Å². The summed E-state index contributed by atoms with van der Waals surface area (Å²) in [7, 11) is 14.9. The molecule has 0 aliphatic carbocycles. The molecular formula is AsCl3Cu. The monoisotopic (exact) mass is 243 g/mol. The summed E-state index contributed by atoms with van der Waals surface area (Å²) < 4.78 is 0.